The molecule has 0 aliphatic carbocycles. The van der Waals surface area contributed by atoms with Gasteiger partial charge in [0, 0.05) is 0 Å². The van der Waals surface area contributed by atoms with Crippen molar-refractivity contribution in [3.8, 4) is 0 Å². The Kier molecular flexibility index (Phi) is 3.75. The van der Waals surface area contributed by atoms with Gasteiger partial charge in [0.1, 0.15) is 0 Å². The molecule has 1 N–H and O–H groups in total. The lowest BCUT2D eigenvalue weighted by Crippen LogP contribution is -1.58. The van der Waals surface area contributed by atoms with E-state index in [1.165, 1.54) is 6.26 Å². The van der Waals surface area contributed by atoms with Gasteiger partial charge < -0.3 is 9.42 Å². The summed E-state index contributed by atoms with van der Waals surface area (Å²) >= 11 is 0. The summed E-state index contributed by atoms with van der Waals surface area (Å²) in [5.41, 5.74) is 0. The second-order valence-electron chi connectivity index (χ2n) is 0.853. The van der Waals surface area contributed by atoms with Gasteiger partial charge in [0.15, 0.2) is 0 Å². The smallest absolute Gasteiger partial charge is 0.364 e. The molecule has 0 aromatic carbocycles. The van der Waals surface area contributed by atoms with Crippen LogP contribution in [-0.4, -0.2) is 4.89 Å². The van der Waals surface area contributed by atoms with Crippen molar-refractivity contribution in [2.24, 2.45) is 0 Å². The van der Waals surface area contributed by atoms with Gasteiger partial charge in [0.25, 0.3) is 0 Å². The highest BCUT2D eigenvalue weighted by atomic mass is 31.1. The van der Waals surface area contributed by atoms with E-state index in [9.17, 15) is 4.57 Å². The minimum atomic E-state index is -2.73. The van der Waals surface area contributed by atoms with Crippen LogP contribution < -0.4 is 0 Å². The third-order valence-corrected chi connectivity index (χ3v) is 0.643. The molecule has 0 fully saturated rings. The molecule has 0 aromatic heterocycles. The molecule has 0 bridgehead atoms. The Labute approximate surface area is 42.6 Å². The first kappa shape index (κ1) is 6.73. The van der Waals surface area contributed by atoms with Crippen LogP contribution in [0.2, 0.25) is 0 Å². The van der Waals surface area contributed by atoms with Gasteiger partial charge >= 0.3 is 8.25 Å². The summed E-state index contributed by atoms with van der Waals surface area (Å²) in [6.07, 6.45) is 2.72. The molecular weight excluding hydrogens is 115 g/mol. The Hall–Kier alpha value is -0.270. The molecule has 0 saturated heterocycles. The lowest BCUT2D eigenvalue weighted by Gasteiger charge is -1.86. The van der Waals surface area contributed by atoms with Crippen LogP contribution in [0.5, 0.6) is 0 Å². The maximum atomic E-state index is 9.67. The van der Waals surface area contributed by atoms with Gasteiger partial charge in [-0.3, -0.25) is 0 Å². The van der Waals surface area contributed by atoms with E-state index in [1.807, 2.05) is 0 Å². The van der Waals surface area contributed by atoms with Crippen molar-refractivity contribution in [2.75, 3.05) is 0 Å². The molecular formula is C3H7O3P. The van der Waals surface area contributed by atoms with Gasteiger partial charge in [-0.25, -0.2) is 4.57 Å². The van der Waals surface area contributed by atoms with Gasteiger partial charge in [-0.05, 0) is 6.92 Å². The van der Waals surface area contributed by atoms with E-state index >= 15 is 0 Å². The molecule has 0 rings (SSSR count). The Bertz CT molecular complexity index is 88.2. The summed E-state index contributed by atoms with van der Waals surface area (Å²) in [7, 11) is -2.73. The maximum Gasteiger partial charge on any atom is 0.364 e. The zero-order chi connectivity index (χ0) is 5.70. The molecule has 1 atom stereocenters. The standard InChI is InChI=1S/C3H7O3P/c1-2-3-6-7(4)5/h2-3,7H,1H3,(H,4,5). The molecule has 0 aromatic rings. The van der Waals surface area contributed by atoms with Crippen LogP contribution in [0.4, 0.5) is 0 Å². The highest BCUT2D eigenvalue weighted by Crippen LogP contribution is 2.13. The van der Waals surface area contributed by atoms with Crippen LogP contribution in [0.15, 0.2) is 12.3 Å². The Morgan fingerprint density at radius 1 is 1.86 bits per heavy atom. The summed E-state index contributed by atoms with van der Waals surface area (Å²) in [4.78, 5) is 7.96. The van der Waals surface area contributed by atoms with Crippen LogP contribution in [0.25, 0.3) is 0 Å². The molecule has 0 aliphatic rings. The zero-order valence-electron chi connectivity index (χ0n) is 3.92. The van der Waals surface area contributed by atoms with Crippen molar-refractivity contribution in [1.29, 1.82) is 0 Å². The topological polar surface area (TPSA) is 46.5 Å². The van der Waals surface area contributed by atoms with Crippen molar-refractivity contribution < 1.29 is 14.0 Å². The Balaban J connectivity index is 3.14. The molecule has 7 heavy (non-hydrogen) atoms. The van der Waals surface area contributed by atoms with Gasteiger partial charge in [-0.15, -0.1) is 0 Å². The third kappa shape index (κ3) is 5.73. The summed E-state index contributed by atoms with van der Waals surface area (Å²) in [6, 6.07) is 0. The maximum absolute atomic E-state index is 9.67. The van der Waals surface area contributed by atoms with E-state index in [0.29, 0.717) is 0 Å². The molecule has 4 heteroatoms. The minimum Gasteiger partial charge on any atom is -0.435 e. The SMILES string of the molecule is CC=CO[PH](=O)O. The minimum absolute atomic E-state index is 1.18. The predicted molar refractivity (Wildman–Crippen MR) is 27.1 cm³/mol. The lowest BCUT2D eigenvalue weighted by molar-refractivity contribution is 0.377. The predicted octanol–water partition coefficient (Wildman–Crippen LogP) is 0.919. The normalized spacial score (nSPS) is 14.6. The molecule has 1 unspecified atom stereocenters. The number of rotatable bonds is 2. The fourth-order valence-electron chi connectivity index (χ4n) is 0.126. The Morgan fingerprint density at radius 2 is 2.43 bits per heavy atom. The van der Waals surface area contributed by atoms with Gasteiger partial charge in [0.05, 0.1) is 6.26 Å². The van der Waals surface area contributed by atoms with Crippen LogP contribution in [-0.2, 0) is 9.09 Å². The van der Waals surface area contributed by atoms with Crippen LogP contribution >= 0.6 is 8.25 Å². The van der Waals surface area contributed by atoms with Crippen molar-refractivity contribution >= 4 is 8.25 Å². The number of hydrogen-bond donors (Lipinski definition) is 1. The first-order valence-electron chi connectivity index (χ1n) is 1.78. The van der Waals surface area contributed by atoms with Gasteiger partial charge in [-0.1, -0.05) is 6.08 Å². The van der Waals surface area contributed by atoms with Gasteiger partial charge in [-0.2, -0.15) is 0 Å². The van der Waals surface area contributed by atoms with Crippen molar-refractivity contribution in [3.05, 3.63) is 12.3 Å². The number of hydrogen-bond acceptors (Lipinski definition) is 2. The molecule has 0 heterocycles. The molecule has 0 amide bonds. The first-order chi connectivity index (χ1) is 3.27. The summed E-state index contributed by atoms with van der Waals surface area (Å²) < 4.78 is 13.8. The van der Waals surface area contributed by atoms with Gasteiger partial charge in [0.2, 0.25) is 0 Å². The summed E-state index contributed by atoms with van der Waals surface area (Å²) in [5.74, 6) is 0. The van der Waals surface area contributed by atoms with Crippen LogP contribution in [0.1, 0.15) is 6.92 Å². The average molecular weight is 122 g/mol. The average Bonchev–Trinajstić information content (AvgIpc) is 1.61. The monoisotopic (exact) mass is 122 g/mol. The summed E-state index contributed by atoms with van der Waals surface area (Å²) in [5, 5.41) is 0. The van der Waals surface area contributed by atoms with E-state index in [4.69, 9.17) is 4.89 Å². The largest absolute Gasteiger partial charge is 0.435 e. The fraction of sp³-hybridized carbons (Fsp3) is 0.333. The van der Waals surface area contributed by atoms with Crippen molar-refractivity contribution in [1.82, 2.24) is 0 Å². The highest BCUT2D eigenvalue weighted by Gasteiger charge is 1.78. The fourth-order valence-corrected chi connectivity index (χ4v) is 0.379. The third-order valence-electron chi connectivity index (χ3n) is 0.305. The van der Waals surface area contributed by atoms with Crippen LogP contribution in [0, 0.1) is 0 Å². The molecule has 3 nitrogen and oxygen atoms in total. The Morgan fingerprint density at radius 3 is 2.57 bits per heavy atom. The van der Waals surface area contributed by atoms with Crippen molar-refractivity contribution in [3.63, 3.8) is 0 Å². The van der Waals surface area contributed by atoms with E-state index in [0.717, 1.165) is 0 Å². The highest BCUT2D eigenvalue weighted by molar-refractivity contribution is 7.32. The van der Waals surface area contributed by atoms with Crippen LogP contribution in [0.3, 0.4) is 0 Å². The molecule has 0 saturated carbocycles. The summed E-state index contributed by atoms with van der Waals surface area (Å²) in [6.45, 7) is 1.70. The lowest BCUT2D eigenvalue weighted by atomic mass is 10.8. The van der Waals surface area contributed by atoms with E-state index in [-0.39, 0.29) is 0 Å². The van der Waals surface area contributed by atoms with Crippen molar-refractivity contribution in [2.45, 2.75) is 6.92 Å². The first-order valence-corrected chi connectivity index (χ1v) is 3.04. The molecule has 0 aliphatic heterocycles. The van der Waals surface area contributed by atoms with E-state index in [2.05, 4.69) is 4.52 Å². The number of allylic oxidation sites excluding steroid dienone is 1. The molecule has 42 valence electrons. The van der Waals surface area contributed by atoms with E-state index < -0.39 is 8.25 Å². The van der Waals surface area contributed by atoms with E-state index in [1.54, 1.807) is 13.0 Å². The second-order valence-corrected chi connectivity index (χ2v) is 1.62. The zero-order valence-corrected chi connectivity index (χ0v) is 4.92. The second kappa shape index (κ2) is 3.90. The quantitative estimate of drug-likeness (QED) is 0.437. The molecule has 0 radical (unpaired) electrons. The molecule has 0 spiro atoms.